The number of ether oxygens (including phenoxy) is 2. The lowest BCUT2D eigenvalue weighted by Gasteiger charge is -2.35. The lowest BCUT2D eigenvalue weighted by molar-refractivity contribution is -0.109. The second-order valence-electron chi connectivity index (χ2n) is 7.78. The van der Waals surface area contributed by atoms with E-state index < -0.39 is 10.0 Å². The lowest BCUT2D eigenvalue weighted by Crippen LogP contribution is -2.55. The van der Waals surface area contributed by atoms with E-state index in [4.69, 9.17) is 9.47 Å². The van der Waals surface area contributed by atoms with Crippen molar-refractivity contribution in [3.05, 3.63) is 17.8 Å². The molecule has 1 saturated carbocycles. The van der Waals surface area contributed by atoms with Gasteiger partial charge in [0, 0.05) is 17.6 Å². The molecule has 0 aromatic carbocycles. The zero-order chi connectivity index (χ0) is 20.7. The van der Waals surface area contributed by atoms with Crippen LogP contribution in [0.2, 0.25) is 0 Å². The first-order valence-corrected chi connectivity index (χ1v) is 12.1. The molecular formula is C19H30N4O5S. The van der Waals surface area contributed by atoms with Crippen LogP contribution in [0.25, 0.3) is 0 Å². The standard InChI is InChI=1S/C19H30N4O5S/c1-29(25,26)23-17-3-2-9-20-18(17)13-28-15-6-4-14(5-7-15)16-8-10-21-22-19(16)27-12-11-24/h8,10-11,14-15,17-18,20,23H,2-7,9,12-13H2,1H3/t14-,15+,17-,18-/m0/s1. The lowest BCUT2D eigenvalue weighted by atomic mass is 9.83. The number of aldehydes is 1. The Morgan fingerprint density at radius 2 is 2.07 bits per heavy atom. The van der Waals surface area contributed by atoms with Gasteiger partial charge in [-0.2, -0.15) is 5.10 Å². The summed E-state index contributed by atoms with van der Waals surface area (Å²) in [4.78, 5) is 10.6. The van der Waals surface area contributed by atoms with Crippen LogP contribution >= 0.6 is 0 Å². The van der Waals surface area contributed by atoms with Crippen molar-refractivity contribution in [1.29, 1.82) is 0 Å². The second kappa shape index (κ2) is 10.4. The Bertz CT molecular complexity index is 768. The van der Waals surface area contributed by atoms with Gasteiger partial charge in [-0.15, -0.1) is 5.10 Å². The highest BCUT2D eigenvalue weighted by atomic mass is 32.2. The summed E-state index contributed by atoms with van der Waals surface area (Å²) in [5.74, 6) is 0.740. The van der Waals surface area contributed by atoms with Crippen LogP contribution in [0.1, 0.15) is 50.0 Å². The van der Waals surface area contributed by atoms with Crippen LogP contribution in [0, 0.1) is 0 Å². The molecule has 2 atom stereocenters. The van der Waals surface area contributed by atoms with Crippen molar-refractivity contribution in [2.24, 2.45) is 0 Å². The van der Waals surface area contributed by atoms with Crippen molar-refractivity contribution in [3.8, 4) is 5.88 Å². The molecule has 9 nitrogen and oxygen atoms in total. The van der Waals surface area contributed by atoms with Crippen molar-refractivity contribution >= 4 is 16.3 Å². The number of carbonyl (C=O) groups is 1. The molecule has 10 heteroatoms. The molecular weight excluding hydrogens is 396 g/mol. The Hall–Kier alpha value is -1.62. The molecule has 2 aliphatic rings. The van der Waals surface area contributed by atoms with Crippen molar-refractivity contribution in [2.45, 2.75) is 62.6 Å². The highest BCUT2D eigenvalue weighted by Gasteiger charge is 2.30. The average molecular weight is 427 g/mol. The van der Waals surface area contributed by atoms with Gasteiger partial charge >= 0.3 is 0 Å². The second-order valence-corrected chi connectivity index (χ2v) is 9.56. The van der Waals surface area contributed by atoms with E-state index in [0.717, 1.165) is 50.6 Å². The molecule has 2 heterocycles. The molecule has 1 aromatic rings. The maximum atomic E-state index is 11.6. The van der Waals surface area contributed by atoms with Crippen LogP contribution in [-0.4, -0.2) is 69.1 Å². The third-order valence-electron chi connectivity index (χ3n) is 5.58. The summed E-state index contributed by atoms with van der Waals surface area (Å²) in [7, 11) is -3.24. The normalized spacial score (nSPS) is 28.0. The Kier molecular flexibility index (Phi) is 7.93. The van der Waals surface area contributed by atoms with E-state index in [-0.39, 0.29) is 24.8 Å². The number of carbonyl (C=O) groups excluding carboxylic acids is 1. The molecule has 162 valence electrons. The summed E-state index contributed by atoms with van der Waals surface area (Å²) in [6.45, 7) is 1.34. The predicted octanol–water partition coefficient (Wildman–Crippen LogP) is 0.767. The van der Waals surface area contributed by atoms with E-state index in [0.29, 0.717) is 24.7 Å². The third kappa shape index (κ3) is 6.70. The predicted molar refractivity (Wildman–Crippen MR) is 107 cm³/mol. The molecule has 0 bridgehead atoms. The van der Waals surface area contributed by atoms with E-state index in [1.165, 1.54) is 6.26 Å². The van der Waals surface area contributed by atoms with Crippen LogP contribution < -0.4 is 14.8 Å². The monoisotopic (exact) mass is 426 g/mol. The van der Waals surface area contributed by atoms with Crippen molar-refractivity contribution in [3.63, 3.8) is 0 Å². The zero-order valence-corrected chi connectivity index (χ0v) is 17.6. The molecule has 1 aliphatic heterocycles. The number of nitrogens with zero attached hydrogens (tertiary/aromatic N) is 2. The smallest absolute Gasteiger partial charge is 0.237 e. The van der Waals surface area contributed by atoms with Crippen LogP contribution in [0.3, 0.4) is 0 Å². The van der Waals surface area contributed by atoms with E-state index in [2.05, 4.69) is 20.2 Å². The SMILES string of the molecule is CS(=O)(=O)N[C@H]1CCCN[C@H]1CO[C@H]1CC[C@@H](c2ccnnc2OCC=O)CC1. The average Bonchev–Trinajstić information content (AvgIpc) is 2.71. The molecule has 29 heavy (non-hydrogen) atoms. The summed E-state index contributed by atoms with van der Waals surface area (Å²) in [6.07, 6.45) is 9.18. The molecule has 0 unspecified atom stereocenters. The first kappa shape index (κ1) is 22.1. The van der Waals surface area contributed by atoms with E-state index in [9.17, 15) is 13.2 Å². The van der Waals surface area contributed by atoms with Gasteiger partial charge in [0.1, 0.15) is 6.61 Å². The van der Waals surface area contributed by atoms with Gasteiger partial charge in [0.15, 0.2) is 6.29 Å². The number of hydrogen-bond donors (Lipinski definition) is 2. The first-order chi connectivity index (χ1) is 14.0. The third-order valence-corrected chi connectivity index (χ3v) is 6.31. The maximum Gasteiger partial charge on any atom is 0.237 e. The van der Waals surface area contributed by atoms with Crippen LogP contribution in [0.5, 0.6) is 5.88 Å². The Morgan fingerprint density at radius 3 is 2.79 bits per heavy atom. The molecule has 3 rings (SSSR count). The molecule has 2 N–H and O–H groups in total. The molecule has 0 amide bonds. The summed E-state index contributed by atoms with van der Waals surface area (Å²) in [5.41, 5.74) is 0.992. The van der Waals surface area contributed by atoms with E-state index >= 15 is 0 Å². The molecule has 1 aromatic heterocycles. The topological polar surface area (TPSA) is 120 Å². The summed E-state index contributed by atoms with van der Waals surface area (Å²) in [5, 5.41) is 11.2. The van der Waals surface area contributed by atoms with Gasteiger partial charge in [0.25, 0.3) is 0 Å². The van der Waals surface area contributed by atoms with Gasteiger partial charge in [-0.25, -0.2) is 13.1 Å². The van der Waals surface area contributed by atoms with E-state index in [1.54, 1.807) is 6.20 Å². The van der Waals surface area contributed by atoms with Crippen LogP contribution in [0.15, 0.2) is 12.3 Å². The molecule has 2 fully saturated rings. The van der Waals surface area contributed by atoms with E-state index in [1.807, 2.05) is 6.07 Å². The highest BCUT2D eigenvalue weighted by Crippen LogP contribution is 2.37. The quantitative estimate of drug-likeness (QED) is 0.556. The molecule has 1 saturated heterocycles. The molecule has 1 aliphatic carbocycles. The van der Waals surface area contributed by atoms with Gasteiger partial charge in [-0.3, -0.25) is 4.79 Å². The summed E-state index contributed by atoms with van der Waals surface area (Å²) < 4.78 is 37.5. The van der Waals surface area contributed by atoms with Gasteiger partial charge in [0.05, 0.1) is 25.2 Å². The molecule has 0 radical (unpaired) electrons. The van der Waals surface area contributed by atoms with Crippen molar-refractivity contribution in [1.82, 2.24) is 20.2 Å². The van der Waals surface area contributed by atoms with Gasteiger partial charge in [-0.05, 0) is 57.1 Å². The largest absolute Gasteiger partial charge is 0.469 e. The van der Waals surface area contributed by atoms with Crippen molar-refractivity contribution < 1.29 is 22.7 Å². The van der Waals surface area contributed by atoms with Gasteiger partial charge in [0.2, 0.25) is 15.9 Å². The summed E-state index contributed by atoms with van der Waals surface area (Å²) in [6, 6.07) is 1.77. The number of piperidine rings is 1. The highest BCUT2D eigenvalue weighted by molar-refractivity contribution is 7.88. The number of aromatic nitrogens is 2. The first-order valence-electron chi connectivity index (χ1n) is 10.2. The molecule has 0 spiro atoms. The fourth-order valence-electron chi connectivity index (χ4n) is 4.19. The number of hydrogen-bond acceptors (Lipinski definition) is 8. The summed E-state index contributed by atoms with van der Waals surface area (Å²) >= 11 is 0. The van der Waals surface area contributed by atoms with Crippen LogP contribution in [-0.2, 0) is 19.6 Å². The Labute approximate surface area is 172 Å². The number of rotatable bonds is 9. The van der Waals surface area contributed by atoms with Crippen molar-refractivity contribution in [2.75, 3.05) is 26.0 Å². The van der Waals surface area contributed by atoms with Crippen LogP contribution in [0.4, 0.5) is 0 Å². The Morgan fingerprint density at radius 1 is 1.28 bits per heavy atom. The minimum Gasteiger partial charge on any atom is -0.469 e. The maximum absolute atomic E-state index is 11.6. The van der Waals surface area contributed by atoms with Gasteiger partial charge in [-0.1, -0.05) is 0 Å². The minimum absolute atomic E-state index is 0.0102. The fourth-order valence-corrected chi connectivity index (χ4v) is 5.02. The van der Waals surface area contributed by atoms with Gasteiger partial charge < -0.3 is 14.8 Å². The minimum atomic E-state index is -3.24. The fraction of sp³-hybridized carbons (Fsp3) is 0.737. The number of nitrogens with one attached hydrogen (secondary N) is 2. The zero-order valence-electron chi connectivity index (χ0n) is 16.7. The number of sulfonamides is 1. The Balaban J connectivity index is 1.49.